The number of nitrogens with one attached hydrogen (secondary N) is 1. The molecular weight excluding hydrogens is 269 g/mol. The van der Waals surface area contributed by atoms with Gasteiger partial charge in [0.25, 0.3) is 5.91 Å². The van der Waals surface area contributed by atoms with Crippen LogP contribution in [-0.4, -0.2) is 11.0 Å². The largest absolute Gasteiger partial charge is 0.508 e. The van der Waals surface area contributed by atoms with Crippen molar-refractivity contribution in [2.75, 3.05) is 0 Å². The number of hydrogen-bond acceptors (Lipinski definition) is 2. The van der Waals surface area contributed by atoms with Gasteiger partial charge in [0.05, 0.1) is 5.56 Å². The normalized spacial score (nSPS) is 10.2. The minimum Gasteiger partial charge on any atom is -0.508 e. The first kappa shape index (κ1) is 13.4. The Morgan fingerprint density at radius 3 is 2.53 bits per heavy atom. The van der Waals surface area contributed by atoms with Gasteiger partial charge in [-0.15, -0.1) is 0 Å². The minimum atomic E-state index is -0.756. The Kier molecular flexibility index (Phi) is 4.02. The van der Waals surface area contributed by atoms with Gasteiger partial charge in [-0.3, -0.25) is 4.79 Å². The van der Waals surface area contributed by atoms with Crippen LogP contribution in [0.25, 0.3) is 0 Å². The molecule has 98 valence electrons. The first-order chi connectivity index (χ1) is 9.06. The lowest BCUT2D eigenvalue weighted by molar-refractivity contribution is 0.0947. The van der Waals surface area contributed by atoms with Gasteiger partial charge >= 0.3 is 0 Å². The summed E-state index contributed by atoms with van der Waals surface area (Å²) in [6, 6.07) is 10.4. The zero-order valence-corrected chi connectivity index (χ0v) is 10.6. The number of amides is 1. The van der Waals surface area contributed by atoms with Gasteiger partial charge in [-0.1, -0.05) is 23.7 Å². The molecule has 0 aromatic heterocycles. The van der Waals surface area contributed by atoms with Gasteiger partial charge in [-0.05, 0) is 29.8 Å². The summed E-state index contributed by atoms with van der Waals surface area (Å²) in [5.41, 5.74) is 0.753. The first-order valence-corrected chi connectivity index (χ1v) is 5.95. The van der Waals surface area contributed by atoms with Crippen molar-refractivity contribution in [1.29, 1.82) is 0 Å². The molecule has 2 aromatic rings. The Balaban J connectivity index is 2.03. The maximum absolute atomic E-state index is 13.4. The molecule has 0 saturated carbocycles. The van der Waals surface area contributed by atoms with E-state index in [1.807, 2.05) is 0 Å². The van der Waals surface area contributed by atoms with Crippen molar-refractivity contribution in [3.63, 3.8) is 0 Å². The summed E-state index contributed by atoms with van der Waals surface area (Å²) < 4.78 is 13.4. The highest BCUT2D eigenvalue weighted by Crippen LogP contribution is 2.15. The fraction of sp³-hybridized carbons (Fsp3) is 0.0714. The highest BCUT2D eigenvalue weighted by Gasteiger charge is 2.11. The van der Waals surface area contributed by atoms with E-state index in [4.69, 9.17) is 16.7 Å². The molecule has 2 rings (SSSR count). The van der Waals surface area contributed by atoms with Crippen molar-refractivity contribution in [3.8, 4) is 5.75 Å². The van der Waals surface area contributed by atoms with Gasteiger partial charge in [0.2, 0.25) is 0 Å². The molecule has 0 bridgehead atoms. The van der Waals surface area contributed by atoms with Gasteiger partial charge in [0, 0.05) is 17.6 Å². The van der Waals surface area contributed by atoms with Crippen LogP contribution >= 0.6 is 11.6 Å². The Morgan fingerprint density at radius 1 is 1.21 bits per heavy atom. The van der Waals surface area contributed by atoms with Crippen LogP contribution in [0.2, 0.25) is 5.02 Å². The lowest BCUT2D eigenvalue weighted by atomic mass is 10.1. The standard InChI is InChI=1S/C14H11ClFNO2/c15-10-3-1-9(2-4-10)8-17-14(19)12-6-5-11(18)7-13(12)16/h1-7,18H,8H2,(H,17,19). The number of aromatic hydroxyl groups is 1. The molecule has 2 aromatic carbocycles. The summed E-state index contributed by atoms with van der Waals surface area (Å²) in [5.74, 6) is -1.51. The second-order valence-electron chi connectivity index (χ2n) is 3.97. The van der Waals surface area contributed by atoms with Gasteiger partial charge in [-0.25, -0.2) is 4.39 Å². The average Bonchev–Trinajstić information content (AvgIpc) is 2.37. The summed E-state index contributed by atoms with van der Waals surface area (Å²) in [5, 5.41) is 12.3. The van der Waals surface area contributed by atoms with Gasteiger partial charge in [0.1, 0.15) is 11.6 Å². The molecule has 0 aliphatic carbocycles. The maximum atomic E-state index is 13.4. The molecule has 0 aliphatic heterocycles. The summed E-state index contributed by atoms with van der Waals surface area (Å²) in [7, 11) is 0. The van der Waals surface area contributed by atoms with Crippen LogP contribution in [0.3, 0.4) is 0 Å². The molecule has 2 N–H and O–H groups in total. The summed E-state index contributed by atoms with van der Waals surface area (Å²) in [4.78, 5) is 11.8. The van der Waals surface area contributed by atoms with Gasteiger partial charge < -0.3 is 10.4 Å². The van der Waals surface area contributed by atoms with E-state index in [-0.39, 0.29) is 17.9 Å². The maximum Gasteiger partial charge on any atom is 0.254 e. The van der Waals surface area contributed by atoms with E-state index in [2.05, 4.69) is 5.32 Å². The number of rotatable bonds is 3. The van der Waals surface area contributed by atoms with Crippen molar-refractivity contribution in [2.24, 2.45) is 0 Å². The number of halogens is 2. The fourth-order valence-electron chi connectivity index (χ4n) is 1.57. The topological polar surface area (TPSA) is 49.3 Å². The SMILES string of the molecule is O=C(NCc1ccc(Cl)cc1)c1ccc(O)cc1F. The van der Waals surface area contributed by atoms with Crippen LogP contribution in [0, 0.1) is 5.82 Å². The highest BCUT2D eigenvalue weighted by atomic mass is 35.5. The summed E-state index contributed by atoms with van der Waals surface area (Å²) in [6.45, 7) is 0.274. The smallest absolute Gasteiger partial charge is 0.254 e. The number of hydrogen-bond donors (Lipinski definition) is 2. The molecule has 0 fully saturated rings. The number of phenolic OH excluding ortho intramolecular Hbond substituents is 1. The van der Waals surface area contributed by atoms with Crippen LogP contribution in [0.1, 0.15) is 15.9 Å². The molecule has 1 amide bonds. The molecule has 0 aliphatic rings. The van der Waals surface area contributed by atoms with E-state index in [0.717, 1.165) is 11.6 Å². The molecule has 5 heteroatoms. The van der Waals surface area contributed by atoms with Gasteiger partial charge in [0.15, 0.2) is 0 Å². The van der Waals surface area contributed by atoms with Crippen LogP contribution in [0.5, 0.6) is 5.75 Å². The van der Waals surface area contributed by atoms with Crippen LogP contribution in [0.15, 0.2) is 42.5 Å². The third-order valence-corrected chi connectivity index (χ3v) is 2.82. The first-order valence-electron chi connectivity index (χ1n) is 5.57. The third-order valence-electron chi connectivity index (χ3n) is 2.56. The summed E-state index contributed by atoms with van der Waals surface area (Å²) >= 11 is 5.75. The number of carbonyl (C=O) groups is 1. The lowest BCUT2D eigenvalue weighted by Gasteiger charge is -2.06. The van der Waals surface area contributed by atoms with Crippen molar-refractivity contribution in [1.82, 2.24) is 5.32 Å². The van der Waals surface area contributed by atoms with E-state index in [1.54, 1.807) is 24.3 Å². The van der Waals surface area contributed by atoms with Crippen molar-refractivity contribution in [2.45, 2.75) is 6.54 Å². The molecule has 0 spiro atoms. The predicted octanol–water partition coefficient (Wildman–Crippen LogP) is 3.11. The van der Waals surface area contributed by atoms with Crippen molar-refractivity contribution in [3.05, 3.63) is 64.4 Å². The second-order valence-corrected chi connectivity index (χ2v) is 4.41. The highest BCUT2D eigenvalue weighted by molar-refractivity contribution is 6.30. The van der Waals surface area contributed by atoms with Crippen LogP contribution in [0.4, 0.5) is 4.39 Å². The van der Waals surface area contributed by atoms with E-state index in [0.29, 0.717) is 5.02 Å². The zero-order valence-electron chi connectivity index (χ0n) is 9.86. The second kappa shape index (κ2) is 5.71. The molecule has 3 nitrogen and oxygen atoms in total. The van der Waals surface area contributed by atoms with Crippen molar-refractivity contribution < 1.29 is 14.3 Å². The Bertz CT molecular complexity index is 599. The minimum absolute atomic E-state index is 0.105. The van der Waals surface area contributed by atoms with E-state index < -0.39 is 11.7 Å². The Morgan fingerprint density at radius 2 is 1.89 bits per heavy atom. The number of carbonyl (C=O) groups excluding carboxylic acids is 1. The predicted molar refractivity (Wildman–Crippen MR) is 70.7 cm³/mol. The van der Waals surface area contributed by atoms with E-state index >= 15 is 0 Å². The van der Waals surface area contributed by atoms with Crippen molar-refractivity contribution >= 4 is 17.5 Å². The Hall–Kier alpha value is -2.07. The molecular formula is C14H11ClFNO2. The molecule has 0 unspecified atom stereocenters. The Labute approximate surface area is 114 Å². The number of phenols is 1. The molecule has 0 radical (unpaired) electrons. The lowest BCUT2D eigenvalue weighted by Crippen LogP contribution is -2.23. The average molecular weight is 280 g/mol. The number of benzene rings is 2. The van der Waals surface area contributed by atoms with Gasteiger partial charge in [-0.2, -0.15) is 0 Å². The monoisotopic (exact) mass is 279 g/mol. The molecule has 0 saturated heterocycles. The molecule has 0 atom stereocenters. The third kappa shape index (κ3) is 3.45. The van der Waals surface area contributed by atoms with E-state index in [9.17, 15) is 9.18 Å². The van der Waals surface area contributed by atoms with Crippen LogP contribution < -0.4 is 5.32 Å². The molecule has 0 heterocycles. The van der Waals surface area contributed by atoms with Crippen LogP contribution in [-0.2, 0) is 6.54 Å². The fourth-order valence-corrected chi connectivity index (χ4v) is 1.69. The molecule has 19 heavy (non-hydrogen) atoms. The summed E-state index contributed by atoms with van der Waals surface area (Å²) in [6.07, 6.45) is 0. The quantitative estimate of drug-likeness (QED) is 0.907. The van der Waals surface area contributed by atoms with E-state index in [1.165, 1.54) is 12.1 Å². The zero-order chi connectivity index (χ0) is 13.8.